The van der Waals surface area contributed by atoms with Crippen molar-refractivity contribution in [2.45, 2.75) is 19.5 Å². The van der Waals surface area contributed by atoms with Gasteiger partial charge in [0.15, 0.2) is 0 Å². The minimum atomic E-state index is 0.200. The first-order chi connectivity index (χ1) is 7.36. The molecule has 2 heterocycles. The van der Waals surface area contributed by atoms with Gasteiger partial charge in [0.05, 0.1) is 6.04 Å². The molecular formula is C11H15N3S. The van der Waals surface area contributed by atoms with E-state index in [1.807, 2.05) is 19.4 Å². The lowest BCUT2D eigenvalue weighted by Crippen LogP contribution is -2.21. The first-order valence-corrected chi connectivity index (χ1v) is 6.01. The Morgan fingerprint density at radius 3 is 3.07 bits per heavy atom. The van der Waals surface area contributed by atoms with Gasteiger partial charge >= 0.3 is 0 Å². The van der Waals surface area contributed by atoms with Crippen LogP contribution < -0.4 is 5.32 Å². The van der Waals surface area contributed by atoms with E-state index in [0.717, 1.165) is 12.4 Å². The van der Waals surface area contributed by atoms with E-state index < -0.39 is 0 Å². The summed E-state index contributed by atoms with van der Waals surface area (Å²) in [5.41, 5.74) is 1.28. The van der Waals surface area contributed by atoms with Crippen LogP contribution in [0.15, 0.2) is 29.2 Å². The van der Waals surface area contributed by atoms with E-state index in [1.54, 1.807) is 11.3 Å². The first-order valence-electron chi connectivity index (χ1n) is 5.07. The number of thiophene rings is 1. The van der Waals surface area contributed by atoms with Crippen LogP contribution in [0.3, 0.4) is 0 Å². The largest absolute Gasteiger partial charge is 0.334 e. The van der Waals surface area contributed by atoms with Crippen LogP contribution >= 0.6 is 11.3 Å². The standard InChI is InChI=1S/C11H15N3S/c1-3-14-6-5-13-11(14)10(12-2)9-4-7-15-8-9/h4-8,10,12H,3H2,1-2H3. The van der Waals surface area contributed by atoms with E-state index in [0.29, 0.717) is 0 Å². The molecule has 1 N–H and O–H groups in total. The molecule has 0 aliphatic heterocycles. The number of rotatable bonds is 4. The van der Waals surface area contributed by atoms with Crippen LogP contribution in [0.2, 0.25) is 0 Å². The van der Waals surface area contributed by atoms with E-state index >= 15 is 0 Å². The first kappa shape index (κ1) is 10.4. The molecule has 0 saturated carbocycles. The zero-order valence-corrected chi connectivity index (χ0v) is 9.79. The highest BCUT2D eigenvalue weighted by molar-refractivity contribution is 7.08. The summed E-state index contributed by atoms with van der Waals surface area (Å²) in [6, 6.07) is 2.34. The molecule has 0 amide bonds. The maximum absolute atomic E-state index is 4.42. The molecule has 0 aromatic carbocycles. The molecule has 2 aromatic heterocycles. The monoisotopic (exact) mass is 221 g/mol. The quantitative estimate of drug-likeness (QED) is 0.858. The number of aromatic nitrogens is 2. The number of nitrogens with zero attached hydrogens (tertiary/aromatic N) is 2. The van der Waals surface area contributed by atoms with Gasteiger partial charge in [0.25, 0.3) is 0 Å². The summed E-state index contributed by atoms with van der Waals surface area (Å²) in [5, 5.41) is 7.56. The maximum Gasteiger partial charge on any atom is 0.130 e. The van der Waals surface area contributed by atoms with Gasteiger partial charge in [-0.2, -0.15) is 11.3 Å². The van der Waals surface area contributed by atoms with Crippen LogP contribution in [0.1, 0.15) is 24.4 Å². The summed E-state index contributed by atoms with van der Waals surface area (Å²) in [5.74, 6) is 1.08. The van der Waals surface area contributed by atoms with Gasteiger partial charge in [-0.1, -0.05) is 0 Å². The molecule has 1 unspecified atom stereocenters. The molecule has 15 heavy (non-hydrogen) atoms. The summed E-state index contributed by atoms with van der Waals surface area (Å²) in [6.45, 7) is 3.09. The third-order valence-electron chi connectivity index (χ3n) is 2.51. The van der Waals surface area contributed by atoms with Crippen LogP contribution in [0, 0.1) is 0 Å². The molecule has 0 fully saturated rings. The summed E-state index contributed by atoms with van der Waals surface area (Å²) in [7, 11) is 1.97. The van der Waals surface area contributed by atoms with Gasteiger partial charge in [-0.05, 0) is 36.4 Å². The third kappa shape index (κ3) is 1.96. The number of aryl methyl sites for hydroxylation is 1. The van der Waals surface area contributed by atoms with Crippen molar-refractivity contribution in [2.75, 3.05) is 7.05 Å². The molecule has 0 saturated heterocycles. The molecular weight excluding hydrogens is 206 g/mol. The van der Waals surface area contributed by atoms with Crippen molar-refractivity contribution >= 4 is 11.3 Å². The second-order valence-electron chi connectivity index (χ2n) is 3.35. The van der Waals surface area contributed by atoms with Crippen molar-refractivity contribution in [3.8, 4) is 0 Å². The predicted octanol–water partition coefficient (Wildman–Crippen LogP) is 2.27. The predicted molar refractivity (Wildman–Crippen MR) is 63.1 cm³/mol. The molecule has 4 heteroatoms. The molecule has 0 radical (unpaired) electrons. The molecule has 0 aliphatic carbocycles. The number of hydrogen-bond acceptors (Lipinski definition) is 3. The normalized spacial score (nSPS) is 12.9. The van der Waals surface area contributed by atoms with E-state index in [4.69, 9.17) is 0 Å². The fraction of sp³-hybridized carbons (Fsp3) is 0.364. The minimum Gasteiger partial charge on any atom is -0.334 e. The summed E-state index contributed by atoms with van der Waals surface area (Å²) in [4.78, 5) is 4.42. The molecule has 80 valence electrons. The van der Waals surface area contributed by atoms with Crippen molar-refractivity contribution in [3.63, 3.8) is 0 Å². The average molecular weight is 221 g/mol. The smallest absolute Gasteiger partial charge is 0.130 e. The molecule has 2 aromatic rings. The Kier molecular flexibility index (Phi) is 3.18. The molecule has 0 spiro atoms. The number of imidazole rings is 1. The second kappa shape index (κ2) is 4.59. The second-order valence-corrected chi connectivity index (χ2v) is 4.13. The van der Waals surface area contributed by atoms with Gasteiger partial charge < -0.3 is 9.88 Å². The van der Waals surface area contributed by atoms with Crippen molar-refractivity contribution in [3.05, 3.63) is 40.6 Å². The van der Waals surface area contributed by atoms with Gasteiger partial charge in [-0.25, -0.2) is 4.98 Å². The highest BCUT2D eigenvalue weighted by Gasteiger charge is 2.16. The number of hydrogen-bond donors (Lipinski definition) is 1. The maximum atomic E-state index is 4.42. The van der Waals surface area contributed by atoms with Crippen LogP contribution in [0.5, 0.6) is 0 Å². The topological polar surface area (TPSA) is 29.9 Å². The highest BCUT2D eigenvalue weighted by atomic mass is 32.1. The zero-order chi connectivity index (χ0) is 10.7. The molecule has 3 nitrogen and oxygen atoms in total. The molecule has 0 bridgehead atoms. The SMILES string of the molecule is CCn1ccnc1C(NC)c1ccsc1. The lowest BCUT2D eigenvalue weighted by molar-refractivity contribution is 0.591. The Balaban J connectivity index is 2.35. The van der Waals surface area contributed by atoms with Crippen molar-refractivity contribution in [1.29, 1.82) is 0 Å². The van der Waals surface area contributed by atoms with Crippen LogP contribution in [-0.4, -0.2) is 16.6 Å². The Hall–Kier alpha value is -1.13. The van der Waals surface area contributed by atoms with E-state index in [1.165, 1.54) is 5.56 Å². The fourth-order valence-corrected chi connectivity index (χ4v) is 2.42. The van der Waals surface area contributed by atoms with Crippen LogP contribution in [0.4, 0.5) is 0 Å². The van der Waals surface area contributed by atoms with Gasteiger partial charge in [0, 0.05) is 18.9 Å². The van der Waals surface area contributed by atoms with E-state index in [2.05, 4.69) is 38.6 Å². The summed E-state index contributed by atoms with van der Waals surface area (Å²) in [6.07, 6.45) is 3.88. The fourth-order valence-electron chi connectivity index (χ4n) is 1.73. The Morgan fingerprint density at radius 2 is 2.47 bits per heavy atom. The lowest BCUT2D eigenvalue weighted by Gasteiger charge is -2.15. The lowest BCUT2D eigenvalue weighted by atomic mass is 10.1. The van der Waals surface area contributed by atoms with Gasteiger partial charge in [-0.15, -0.1) is 0 Å². The molecule has 2 rings (SSSR count). The average Bonchev–Trinajstić information content (AvgIpc) is 2.89. The molecule has 1 atom stereocenters. The Labute approximate surface area is 93.8 Å². The third-order valence-corrected chi connectivity index (χ3v) is 3.21. The Bertz CT molecular complexity index is 405. The van der Waals surface area contributed by atoms with Crippen molar-refractivity contribution in [2.24, 2.45) is 0 Å². The van der Waals surface area contributed by atoms with E-state index in [-0.39, 0.29) is 6.04 Å². The summed E-state index contributed by atoms with van der Waals surface area (Å²) < 4.78 is 2.17. The van der Waals surface area contributed by atoms with Gasteiger partial charge in [-0.3, -0.25) is 0 Å². The molecule has 0 aliphatic rings. The highest BCUT2D eigenvalue weighted by Crippen LogP contribution is 2.22. The van der Waals surface area contributed by atoms with Crippen LogP contribution in [0.25, 0.3) is 0 Å². The number of nitrogens with one attached hydrogen (secondary N) is 1. The summed E-state index contributed by atoms with van der Waals surface area (Å²) >= 11 is 1.72. The Morgan fingerprint density at radius 1 is 1.60 bits per heavy atom. The van der Waals surface area contributed by atoms with Crippen LogP contribution in [-0.2, 0) is 6.54 Å². The van der Waals surface area contributed by atoms with Crippen molar-refractivity contribution in [1.82, 2.24) is 14.9 Å². The zero-order valence-electron chi connectivity index (χ0n) is 8.97. The van der Waals surface area contributed by atoms with E-state index in [9.17, 15) is 0 Å². The van der Waals surface area contributed by atoms with Gasteiger partial charge in [0.2, 0.25) is 0 Å². The minimum absolute atomic E-state index is 0.200. The van der Waals surface area contributed by atoms with Gasteiger partial charge in [0.1, 0.15) is 5.82 Å². The van der Waals surface area contributed by atoms with Crippen molar-refractivity contribution < 1.29 is 0 Å².